The van der Waals surface area contributed by atoms with E-state index in [0.29, 0.717) is 0 Å². The van der Waals surface area contributed by atoms with E-state index < -0.39 is 11.9 Å². The van der Waals surface area contributed by atoms with Crippen LogP contribution >= 0.6 is 0 Å². The van der Waals surface area contributed by atoms with E-state index in [-0.39, 0.29) is 12.1 Å². The molecule has 0 aromatic carbocycles. The molecular formula is C8H7FN2O. The Hall–Kier alpha value is -1.47. The lowest BCUT2D eigenvalue weighted by Gasteiger charge is -2.03. The van der Waals surface area contributed by atoms with Gasteiger partial charge in [-0.25, -0.2) is 4.39 Å². The summed E-state index contributed by atoms with van der Waals surface area (Å²) in [5, 5.41) is 17.4. The van der Waals surface area contributed by atoms with Crippen molar-refractivity contribution in [2.75, 3.05) is 0 Å². The summed E-state index contributed by atoms with van der Waals surface area (Å²) in [6.07, 6.45) is 0.188. The lowest BCUT2D eigenvalue weighted by Crippen LogP contribution is -1.99. The minimum atomic E-state index is -0.995. The average molecular weight is 166 g/mol. The number of aliphatic hydroxyl groups excluding tert-OH is 1. The maximum absolute atomic E-state index is 12.5. The van der Waals surface area contributed by atoms with E-state index in [1.165, 1.54) is 12.3 Å². The van der Waals surface area contributed by atoms with E-state index in [1.807, 2.05) is 0 Å². The Bertz CT molecular complexity index is 308. The Morgan fingerprint density at radius 3 is 3.08 bits per heavy atom. The van der Waals surface area contributed by atoms with Crippen LogP contribution in [0.3, 0.4) is 0 Å². The molecular weight excluding hydrogens is 159 g/mol. The second-order valence-electron chi connectivity index (χ2n) is 2.28. The van der Waals surface area contributed by atoms with Crippen molar-refractivity contribution in [2.24, 2.45) is 0 Å². The minimum absolute atomic E-state index is 0.0730. The van der Waals surface area contributed by atoms with Crippen LogP contribution in [0.4, 0.5) is 4.39 Å². The number of halogens is 1. The third-order valence-corrected chi connectivity index (χ3v) is 1.37. The van der Waals surface area contributed by atoms with Gasteiger partial charge in [-0.2, -0.15) is 5.26 Å². The van der Waals surface area contributed by atoms with Crippen LogP contribution in [0.1, 0.15) is 18.2 Å². The Balaban J connectivity index is 2.82. The van der Waals surface area contributed by atoms with Crippen LogP contribution in [0.15, 0.2) is 18.3 Å². The molecule has 0 fully saturated rings. The molecule has 62 valence electrons. The first-order chi connectivity index (χ1) is 5.74. The van der Waals surface area contributed by atoms with Gasteiger partial charge in [0.1, 0.15) is 11.9 Å². The van der Waals surface area contributed by atoms with Crippen molar-refractivity contribution >= 4 is 0 Å². The molecule has 1 heterocycles. The lowest BCUT2D eigenvalue weighted by atomic mass is 10.2. The van der Waals surface area contributed by atoms with Gasteiger partial charge in [-0.1, -0.05) is 0 Å². The van der Waals surface area contributed by atoms with E-state index in [4.69, 9.17) is 5.26 Å². The summed E-state index contributed by atoms with van der Waals surface area (Å²) >= 11 is 0. The molecule has 4 heteroatoms. The summed E-state index contributed by atoms with van der Waals surface area (Å²) in [5.74, 6) is -0.461. The number of nitriles is 1. The van der Waals surface area contributed by atoms with Gasteiger partial charge in [0.2, 0.25) is 0 Å². The van der Waals surface area contributed by atoms with Crippen molar-refractivity contribution in [1.82, 2.24) is 4.98 Å². The zero-order valence-electron chi connectivity index (χ0n) is 6.24. The van der Waals surface area contributed by atoms with Gasteiger partial charge in [-0.3, -0.25) is 4.98 Å². The monoisotopic (exact) mass is 166 g/mol. The highest BCUT2D eigenvalue weighted by Crippen LogP contribution is 2.13. The maximum atomic E-state index is 12.5. The maximum Gasteiger partial charge on any atom is 0.126 e. The molecule has 1 aromatic rings. The van der Waals surface area contributed by atoms with Crippen LogP contribution in [0, 0.1) is 17.1 Å². The fourth-order valence-corrected chi connectivity index (χ4v) is 0.794. The predicted octanol–water partition coefficient (Wildman–Crippen LogP) is 1.17. The van der Waals surface area contributed by atoms with Crippen LogP contribution in [0.2, 0.25) is 0 Å². The van der Waals surface area contributed by atoms with Gasteiger partial charge in [0.15, 0.2) is 0 Å². The molecule has 1 unspecified atom stereocenters. The van der Waals surface area contributed by atoms with Gasteiger partial charge in [0, 0.05) is 6.20 Å². The van der Waals surface area contributed by atoms with Gasteiger partial charge in [-0.05, 0) is 12.1 Å². The van der Waals surface area contributed by atoms with Crippen molar-refractivity contribution < 1.29 is 9.50 Å². The van der Waals surface area contributed by atoms with Crippen molar-refractivity contribution in [3.05, 3.63) is 29.8 Å². The number of pyridine rings is 1. The molecule has 0 radical (unpaired) electrons. The standard InChI is InChI=1S/C8H7FN2O/c9-6-2-4-11-7(5-6)8(12)1-3-10/h2,4-5,8,12H,1H2. The summed E-state index contributed by atoms with van der Waals surface area (Å²) in [4.78, 5) is 3.72. The predicted molar refractivity (Wildman–Crippen MR) is 39.4 cm³/mol. The quantitative estimate of drug-likeness (QED) is 0.717. The molecule has 0 amide bonds. The van der Waals surface area contributed by atoms with Gasteiger partial charge in [-0.15, -0.1) is 0 Å². The third-order valence-electron chi connectivity index (χ3n) is 1.37. The number of aliphatic hydroxyl groups is 1. The van der Waals surface area contributed by atoms with Crippen molar-refractivity contribution in [3.8, 4) is 6.07 Å². The molecule has 1 rings (SSSR count). The topological polar surface area (TPSA) is 56.9 Å². The first kappa shape index (κ1) is 8.62. The van der Waals surface area contributed by atoms with Crippen LogP contribution in [0.5, 0.6) is 0 Å². The van der Waals surface area contributed by atoms with Crippen LogP contribution in [-0.4, -0.2) is 10.1 Å². The smallest absolute Gasteiger partial charge is 0.126 e. The number of nitrogens with zero attached hydrogens (tertiary/aromatic N) is 2. The second kappa shape index (κ2) is 3.79. The van der Waals surface area contributed by atoms with Crippen molar-refractivity contribution in [1.29, 1.82) is 5.26 Å². The number of hydrogen-bond acceptors (Lipinski definition) is 3. The zero-order valence-corrected chi connectivity index (χ0v) is 6.24. The van der Waals surface area contributed by atoms with E-state index in [2.05, 4.69) is 4.98 Å². The number of rotatable bonds is 2. The van der Waals surface area contributed by atoms with Gasteiger partial charge >= 0.3 is 0 Å². The van der Waals surface area contributed by atoms with Crippen molar-refractivity contribution in [3.63, 3.8) is 0 Å². The summed E-state index contributed by atoms with van der Waals surface area (Å²) in [6.45, 7) is 0. The summed E-state index contributed by atoms with van der Waals surface area (Å²) in [7, 11) is 0. The second-order valence-corrected chi connectivity index (χ2v) is 2.28. The molecule has 0 aliphatic carbocycles. The Kier molecular flexibility index (Phi) is 2.72. The van der Waals surface area contributed by atoms with Crippen LogP contribution in [0.25, 0.3) is 0 Å². The van der Waals surface area contributed by atoms with Crippen LogP contribution in [-0.2, 0) is 0 Å². The average Bonchev–Trinajstić information content (AvgIpc) is 2.05. The van der Waals surface area contributed by atoms with Crippen LogP contribution < -0.4 is 0 Å². The van der Waals surface area contributed by atoms with E-state index in [1.54, 1.807) is 6.07 Å². The normalized spacial score (nSPS) is 12.1. The molecule has 0 bridgehead atoms. The number of aromatic nitrogens is 1. The zero-order chi connectivity index (χ0) is 8.97. The highest BCUT2D eigenvalue weighted by molar-refractivity contribution is 5.09. The highest BCUT2D eigenvalue weighted by Gasteiger charge is 2.08. The minimum Gasteiger partial charge on any atom is -0.386 e. The van der Waals surface area contributed by atoms with E-state index >= 15 is 0 Å². The van der Waals surface area contributed by atoms with E-state index in [0.717, 1.165) is 6.07 Å². The molecule has 1 aromatic heterocycles. The molecule has 1 atom stereocenters. The fourth-order valence-electron chi connectivity index (χ4n) is 0.794. The Labute approximate surface area is 69.1 Å². The summed E-state index contributed by atoms with van der Waals surface area (Å²) < 4.78 is 12.5. The number of hydrogen-bond donors (Lipinski definition) is 1. The Morgan fingerprint density at radius 1 is 1.75 bits per heavy atom. The Morgan fingerprint density at radius 2 is 2.50 bits per heavy atom. The summed E-state index contributed by atoms with van der Waals surface area (Å²) in [6, 6.07) is 4.07. The molecule has 12 heavy (non-hydrogen) atoms. The first-order valence-electron chi connectivity index (χ1n) is 3.40. The van der Waals surface area contributed by atoms with Gasteiger partial charge in [0.05, 0.1) is 18.2 Å². The first-order valence-corrected chi connectivity index (χ1v) is 3.40. The highest BCUT2D eigenvalue weighted by atomic mass is 19.1. The SMILES string of the molecule is N#CCC(O)c1cc(F)ccn1. The molecule has 0 saturated heterocycles. The lowest BCUT2D eigenvalue weighted by molar-refractivity contribution is 0.178. The largest absolute Gasteiger partial charge is 0.386 e. The molecule has 3 nitrogen and oxygen atoms in total. The van der Waals surface area contributed by atoms with Gasteiger partial charge < -0.3 is 5.11 Å². The van der Waals surface area contributed by atoms with Gasteiger partial charge in [0.25, 0.3) is 0 Å². The molecule has 1 N–H and O–H groups in total. The fraction of sp³-hybridized carbons (Fsp3) is 0.250. The molecule has 0 aliphatic heterocycles. The molecule has 0 aliphatic rings. The molecule has 0 saturated carbocycles. The summed E-state index contributed by atoms with van der Waals surface area (Å²) in [5.41, 5.74) is 0.191. The molecule has 0 spiro atoms. The van der Waals surface area contributed by atoms with E-state index in [9.17, 15) is 9.50 Å². The third kappa shape index (κ3) is 2.01. The van der Waals surface area contributed by atoms with Crippen molar-refractivity contribution in [2.45, 2.75) is 12.5 Å².